The van der Waals surface area contributed by atoms with E-state index in [9.17, 15) is 19.8 Å². The standard InChI is InChI=1S/C22H29FO5/c1-19-8-5-14(24)11-13(19)3-4-16-15-6-9-21(28,10-7-18(26)27)20(15,2)12-17(25)22(16,19)23/h5,8,11,15-17,25,28H,3-4,6-7,9-10,12H2,1-2H3,(H,26,27)/t15-,16-,17-,19-,20-,21+,22-/m0/s1. The number of aliphatic carboxylic acids is 1. The molecule has 3 N–H and O–H groups in total. The fraction of sp³-hybridized carbons (Fsp3) is 0.727. The molecule has 0 aromatic carbocycles. The maximum absolute atomic E-state index is 16.8. The normalized spacial score (nSPS) is 49.8. The van der Waals surface area contributed by atoms with Crippen molar-refractivity contribution < 1.29 is 29.3 Å². The van der Waals surface area contributed by atoms with E-state index in [0.29, 0.717) is 25.7 Å². The molecule has 28 heavy (non-hydrogen) atoms. The summed E-state index contributed by atoms with van der Waals surface area (Å²) >= 11 is 0. The van der Waals surface area contributed by atoms with Gasteiger partial charge in [0.1, 0.15) is 0 Å². The number of ketones is 1. The molecule has 0 saturated heterocycles. The van der Waals surface area contributed by atoms with E-state index in [2.05, 4.69) is 0 Å². The fourth-order valence-electron chi connectivity index (χ4n) is 7.03. The van der Waals surface area contributed by atoms with Gasteiger partial charge < -0.3 is 15.3 Å². The Balaban J connectivity index is 1.74. The van der Waals surface area contributed by atoms with Gasteiger partial charge in [-0.2, -0.15) is 0 Å². The molecule has 0 spiro atoms. The molecule has 0 heterocycles. The number of aliphatic hydroxyl groups is 2. The lowest BCUT2D eigenvalue weighted by Gasteiger charge is -2.62. The van der Waals surface area contributed by atoms with E-state index in [0.717, 1.165) is 5.57 Å². The van der Waals surface area contributed by atoms with Crippen molar-refractivity contribution in [1.29, 1.82) is 0 Å². The molecule has 0 unspecified atom stereocenters. The quantitative estimate of drug-likeness (QED) is 0.686. The average molecular weight is 392 g/mol. The van der Waals surface area contributed by atoms with Gasteiger partial charge in [0.25, 0.3) is 0 Å². The third-order valence-corrected chi connectivity index (χ3v) is 8.72. The summed E-state index contributed by atoms with van der Waals surface area (Å²) in [7, 11) is 0. The van der Waals surface area contributed by atoms with Crippen LogP contribution in [0.3, 0.4) is 0 Å². The third kappa shape index (κ3) is 2.31. The highest BCUT2D eigenvalue weighted by Crippen LogP contribution is 2.70. The van der Waals surface area contributed by atoms with E-state index in [4.69, 9.17) is 5.11 Å². The van der Waals surface area contributed by atoms with Crippen LogP contribution in [0.5, 0.6) is 0 Å². The predicted octanol–water partition coefficient (Wildman–Crippen LogP) is 2.95. The van der Waals surface area contributed by atoms with Crippen molar-refractivity contribution in [3.05, 3.63) is 23.8 Å². The summed E-state index contributed by atoms with van der Waals surface area (Å²) in [4.78, 5) is 22.9. The molecule has 0 aromatic heterocycles. The molecule has 4 aliphatic carbocycles. The lowest BCUT2D eigenvalue weighted by atomic mass is 9.44. The van der Waals surface area contributed by atoms with Crippen LogP contribution in [0.25, 0.3) is 0 Å². The van der Waals surface area contributed by atoms with E-state index in [1.165, 1.54) is 12.2 Å². The monoisotopic (exact) mass is 392 g/mol. The smallest absolute Gasteiger partial charge is 0.303 e. The van der Waals surface area contributed by atoms with Gasteiger partial charge in [0.15, 0.2) is 11.5 Å². The van der Waals surface area contributed by atoms with E-state index in [-0.39, 0.29) is 31.0 Å². The van der Waals surface area contributed by atoms with Crippen molar-refractivity contribution in [2.75, 3.05) is 0 Å². The van der Waals surface area contributed by atoms with Crippen molar-refractivity contribution in [2.45, 2.75) is 76.2 Å². The SMILES string of the molecule is C[C@]12C=CC(=O)C=C1CC[C@H]1[C@@H]3CC[C@@](O)(CCC(=O)O)[C@@]3(C)C[C@H](O)[C@@]12F. The number of carboxylic acids is 1. The van der Waals surface area contributed by atoms with Crippen LogP contribution in [0, 0.1) is 22.7 Å². The van der Waals surface area contributed by atoms with Gasteiger partial charge in [0, 0.05) is 23.2 Å². The van der Waals surface area contributed by atoms with Crippen LogP contribution >= 0.6 is 0 Å². The molecule has 0 aromatic rings. The molecular formula is C22H29FO5. The molecule has 0 aliphatic heterocycles. The predicted molar refractivity (Wildman–Crippen MR) is 100 cm³/mol. The van der Waals surface area contributed by atoms with Crippen LogP contribution in [-0.2, 0) is 9.59 Å². The zero-order valence-electron chi connectivity index (χ0n) is 16.4. The first-order valence-corrected chi connectivity index (χ1v) is 10.2. The molecule has 0 bridgehead atoms. The second-order valence-corrected chi connectivity index (χ2v) is 9.73. The average Bonchev–Trinajstić information content (AvgIpc) is 2.87. The summed E-state index contributed by atoms with van der Waals surface area (Å²) in [6, 6.07) is 0. The number of carbonyl (C=O) groups is 2. The van der Waals surface area contributed by atoms with Gasteiger partial charge in [-0.25, -0.2) is 4.39 Å². The van der Waals surface area contributed by atoms with Crippen molar-refractivity contribution in [3.8, 4) is 0 Å². The lowest BCUT2D eigenvalue weighted by Crippen LogP contribution is -2.68. The number of hydrogen-bond donors (Lipinski definition) is 3. The zero-order chi connectivity index (χ0) is 20.5. The number of alkyl halides is 1. The molecule has 6 heteroatoms. The summed E-state index contributed by atoms with van der Waals surface area (Å²) in [5.74, 6) is -1.69. The second kappa shape index (κ2) is 5.99. The molecule has 5 nitrogen and oxygen atoms in total. The van der Waals surface area contributed by atoms with Crippen LogP contribution < -0.4 is 0 Å². The Morgan fingerprint density at radius 3 is 2.68 bits per heavy atom. The molecule has 3 saturated carbocycles. The molecule has 0 radical (unpaired) electrons. The summed E-state index contributed by atoms with van der Waals surface area (Å²) in [6.45, 7) is 3.66. The minimum atomic E-state index is -1.91. The fourth-order valence-corrected chi connectivity index (χ4v) is 7.03. The first-order chi connectivity index (χ1) is 13.0. The number of halogens is 1. The van der Waals surface area contributed by atoms with Crippen LogP contribution in [0.15, 0.2) is 23.8 Å². The van der Waals surface area contributed by atoms with Gasteiger partial charge in [-0.1, -0.05) is 18.6 Å². The molecule has 4 rings (SSSR count). The summed E-state index contributed by atoms with van der Waals surface area (Å²) in [5, 5.41) is 31.5. The molecule has 4 aliphatic rings. The third-order valence-electron chi connectivity index (χ3n) is 8.72. The van der Waals surface area contributed by atoms with Gasteiger partial charge >= 0.3 is 5.97 Å². The number of carboxylic acid groups (broad SMARTS) is 1. The number of carbonyl (C=O) groups excluding carboxylic acids is 1. The first kappa shape index (κ1) is 19.8. The summed E-state index contributed by atoms with van der Waals surface area (Å²) in [5.41, 5.74) is -4.15. The minimum absolute atomic E-state index is 0.0887. The molecule has 0 amide bonds. The highest BCUT2D eigenvalue weighted by Gasteiger charge is 2.72. The Labute approximate surface area is 164 Å². The van der Waals surface area contributed by atoms with E-state index in [1.54, 1.807) is 13.0 Å². The molecule has 3 fully saturated rings. The van der Waals surface area contributed by atoms with Crippen molar-refractivity contribution >= 4 is 11.8 Å². The highest BCUT2D eigenvalue weighted by molar-refractivity contribution is 6.01. The van der Waals surface area contributed by atoms with E-state index in [1.807, 2.05) is 6.92 Å². The summed E-state index contributed by atoms with van der Waals surface area (Å²) < 4.78 is 16.8. The number of allylic oxidation sites excluding steroid dienone is 4. The lowest BCUT2D eigenvalue weighted by molar-refractivity contribution is -0.219. The molecule has 154 valence electrons. The Morgan fingerprint density at radius 1 is 1.29 bits per heavy atom. The van der Waals surface area contributed by atoms with Crippen LogP contribution in [0.4, 0.5) is 4.39 Å². The number of rotatable bonds is 3. The summed E-state index contributed by atoms with van der Waals surface area (Å²) in [6.07, 6.45) is 5.45. The second-order valence-electron chi connectivity index (χ2n) is 9.73. The van der Waals surface area contributed by atoms with Gasteiger partial charge in [-0.3, -0.25) is 9.59 Å². The van der Waals surface area contributed by atoms with Crippen LogP contribution in [0.1, 0.15) is 58.8 Å². The first-order valence-electron chi connectivity index (χ1n) is 10.2. The Kier molecular flexibility index (Phi) is 4.23. The largest absolute Gasteiger partial charge is 0.481 e. The van der Waals surface area contributed by atoms with Crippen molar-refractivity contribution in [1.82, 2.24) is 0 Å². The maximum atomic E-state index is 16.8. The van der Waals surface area contributed by atoms with Crippen LogP contribution in [0.2, 0.25) is 0 Å². The maximum Gasteiger partial charge on any atom is 0.303 e. The number of aliphatic hydroxyl groups excluding tert-OH is 1. The van der Waals surface area contributed by atoms with Crippen molar-refractivity contribution in [2.24, 2.45) is 22.7 Å². The van der Waals surface area contributed by atoms with Crippen LogP contribution in [-0.4, -0.2) is 44.4 Å². The zero-order valence-corrected chi connectivity index (χ0v) is 16.4. The van der Waals surface area contributed by atoms with E-state index < -0.39 is 40.1 Å². The van der Waals surface area contributed by atoms with Crippen molar-refractivity contribution in [3.63, 3.8) is 0 Å². The van der Waals surface area contributed by atoms with Gasteiger partial charge in [-0.15, -0.1) is 0 Å². The number of hydrogen-bond acceptors (Lipinski definition) is 4. The topological polar surface area (TPSA) is 94.8 Å². The van der Waals surface area contributed by atoms with Gasteiger partial charge in [0.2, 0.25) is 0 Å². The minimum Gasteiger partial charge on any atom is -0.481 e. The highest BCUT2D eigenvalue weighted by atomic mass is 19.1. The van der Waals surface area contributed by atoms with Gasteiger partial charge in [0.05, 0.1) is 11.7 Å². The Hall–Kier alpha value is -1.53. The Morgan fingerprint density at radius 2 is 2.00 bits per heavy atom. The van der Waals surface area contributed by atoms with Gasteiger partial charge in [-0.05, 0) is 63.5 Å². The Bertz CT molecular complexity index is 790. The number of fused-ring (bicyclic) bond motifs is 5. The van der Waals surface area contributed by atoms with E-state index >= 15 is 4.39 Å². The molecular weight excluding hydrogens is 363 g/mol. The molecule has 7 atom stereocenters.